The summed E-state index contributed by atoms with van der Waals surface area (Å²) in [6.07, 6.45) is -3.81. The average molecular weight is 388 g/mol. The molecule has 0 aromatic heterocycles. The minimum absolute atomic E-state index is 0.217. The van der Waals surface area contributed by atoms with Crippen molar-refractivity contribution < 1.29 is 31.1 Å². The van der Waals surface area contributed by atoms with Gasteiger partial charge in [-0.2, -0.15) is 0 Å². The van der Waals surface area contributed by atoms with Crippen LogP contribution in [0.25, 0.3) is 0 Å². The molecule has 0 aliphatic carbocycles. The van der Waals surface area contributed by atoms with Gasteiger partial charge in [0.2, 0.25) is 10.0 Å². The van der Waals surface area contributed by atoms with E-state index in [9.17, 15) is 26.4 Å². The molecule has 2 N–H and O–H groups in total. The number of alkyl halides is 3. The lowest BCUT2D eigenvalue weighted by atomic mass is 10.1. The molecule has 2 aromatic carbocycles. The van der Waals surface area contributed by atoms with Crippen LogP contribution in [0.5, 0.6) is 5.75 Å². The number of carbonyl (C=O) groups is 1. The molecule has 0 radical (unpaired) electrons. The zero-order valence-corrected chi connectivity index (χ0v) is 14.5. The number of amides is 1. The molecular formula is C16H15F3N2O4S. The molecule has 1 amide bonds. The van der Waals surface area contributed by atoms with Crippen molar-refractivity contribution in [2.75, 3.05) is 16.3 Å². The molecule has 0 fully saturated rings. The zero-order valence-electron chi connectivity index (χ0n) is 13.7. The molecule has 0 saturated carbocycles. The largest absolute Gasteiger partial charge is 0.573 e. The minimum atomic E-state index is -4.80. The van der Waals surface area contributed by atoms with Crippen LogP contribution in [-0.2, 0) is 10.0 Å². The Morgan fingerprint density at radius 1 is 1.08 bits per heavy atom. The Balaban J connectivity index is 2.16. The van der Waals surface area contributed by atoms with Crippen molar-refractivity contribution in [1.82, 2.24) is 0 Å². The van der Waals surface area contributed by atoms with Crippen molar-refractivity contribution in [3.8, 4) is 5.75 Å². The first-order valence-electron chi connectivity index (χ1n) is 7.19. The maximum atomic E-state index is 12.4. The lowest BCUT2D eigenvalue weighted by Crippen LogP contribution is -2.17. The minimum Gasteiger partial charge on any atom is -0.406 e. The summed E-state index contributed by atoms with van der Waals surface area (Å²) >= 11 is 0. The molecule has 0 heterocycles. The predicted molar refractivity (Wildman–Crippen MR) is 90.7 cm³/mol. The Labute approximate surface area is 148 Å². The van der Waals surface area contributed by atoms with Crippen molar-refractivity contribution in [1.29, 1.82) is 0 Å². The van der Waals surface area contributed by atoms with E-state index in [1.54, 1.807) is 6.92 Å². The second kappa shape index (κ2) is 7.24. The van der Waals surface area contributed by atoms with Gasteiger partial charge in [-0.1, -0.05) is 6.07 Å². The Hall–Kier alpha value is -2.75. The van der Waals surface area contributed by atoms with Gasteiger partial charge in [0, 0.05) is 11.3 Å². The molecule has 0 aliphatic heterocycles. The van der Waals surface area contributed by atoms with Gasteiger partial charge in [-0.15, -0.1) is 13.2 Å². The second-order valence-electron chi connectivity index (χ2n) is 5.38. The zero-order chi connectivity index (χ0) is 19.5. The molecule has 2 aromatic rings. The van der Waals surface area contributed by atoms with Crippen LogP contribution in [0.4, 0.5) is 24.5 Å². The molecule has 0 atom stereocenters. The highest BCUT2D eigenvalue weighted by atomic mass is 32.2. The van der Waals surface area contributed by atoms with Crippen molar-refractivity contribution in [2.24, 2.45) is 0 Å². The number of hydrogen-bond acceptors (Lipinski definition) is 4. The first-order valence-corrected chi connectivity index (χ1v) is 9.08. The predicted octanol–water partition coefficient (Wildman–Crippen LogP) is 3.52. The van der Waals surface area contributed by atoms with Crippen molar-refractivity contribution in [3.63, 3.8) is 0 Å². The van der Waals surface area contributed by atoms with E-state index < -0.39 is 28.0 Å². The van der Waals surface area contributed by atoms with Crippen molar-refractivity contribution >= 4 is 27.3 Å². The first-order chi connectivity index (χ1) is 11.9. The Morgan fingerprint density at radius 3 is 2.23 bits per heavy atom. The number of hydrogen-bond donors (Lipinski definition) is 2. The molecule has 140 valence electrons. The van der Waals surface area contributed by atoms with Gasteiger partial charge in [-0.25, -0.2) is 8.42 Å². The lowest BCUT2D eigenvalue weighted by molar-refractivity contribution is -0.274. The third-order valence-corrected chi connectivity index (χ3v) is 3.81. The Bertz CT molecular complexity index is 910. The van der Waals surface area contributed by atoms with Crippen molar-refractivity contribution in [3.05, 3.63) is 53.6 Å². The Kier molecular flexibility index (Phi) is 5.45. The van der Waals surface area contributed by atoms with Crippen LogP contribution in [0.3, 0.4) is 0 Å². The number of nitrogens with one attached hydrogen (secondary N) is 2. The standard InChI is InChI=1S/C16H15F3N2O4S/c1-10-13(4-3-5-14(10)21-26(2,23)24)15(22)20-11-6-8-12(9-7-11)25-16(17,18)19/h3-9,21H,1-2H3,(H,20,22). The maximum Gasteiger partial charge on any atom is 0.573 e. The summed E-state index contributed by atoms with van der Waals surface area (Å²) in [5.41, 5.74) is 1.14. The van der Waals surface area contributed by atoms with E-state index in [2.05, 4.69) is 14.8 Å². The fraction of sp³-hybridized carbons (Fsp3) is 0.188. The molecule has 10 heteroatoms. The average Bonchev–Trinajstić information content (AvgIpc) is 2.48. The Morgan fingerprint density at radius 2 is 1.69 bits per heavy atom. The van der Waals surface area contributed by atoms with Gasteiger partial charge >= 0.3 is 6.36 Å². The monoisotopic (exact) mass is 388 g/mol. The van der Waals surface area contributed by atoms with Crippen molar-refractivity contribution in [2.45, 2.75) is 13.3 Å². The molecule has 0 spiro atoms. The summed E-state index contributed by atoms with van der Waals surface area (Å²) in [5, 5.41) is 2.53. The fourth-order valence-corrected chi connectivity index (χ4v) is 2.75. The molecular weight excluding hydrogens is 373 g/mol. The molecule has 0 aliphatic rings. The van der Waals surface area contributed by atoms with Gasteiger partial charge < -0.3 is 10.1 Å². The molecule has 26 heavy (non-hydrogen) atoms. The summed E-state index contributed by atoms with van der Waals surface area (Å²) < 4.78 is 65.2. The normalized spacial score (nSPS) is 11.7. The van der Waals surface area contributed by atoms with Gasteiger partial charge in [0.25, 0.3) is 5.91 Å². The van der Waals surface area contributed by atoms with E-state index in [1.807, 2.05) is 0 Å². The molecule has 6 nitrogen and oxygen atoms in total. The van der Waals surface area contributed by atoms with Crippen LogP contribution in [0, 0.1) is 6.92 Å². The lowest BCUT2D eigenvalue weighted by Gasteiger charge is -2.13. The summed E-state index contributed by atoms with van der Waals surface area (Å²) in [5.74, 6) is -0.949. The third kappa shape index (κ3) is 5.66. The summed E-state index contributed by atoms with van der Waals surface area (Å²) in [7, 11) is -3.51. The highest BCUT2D eigenvalue weighted by molar-refractivity contribution is 7.92. The molecule has 0 saturated heterocycles. The summed E-state index contributed by atoms with van der Waals surface area (Å²) in [6.45, 7) is 1.57. The second-order valence-corrected chi connectivity index (χ2v) is 7.13. The van der Waals surface area contributed by atoms with Gasteiger partial charge in [0.1, 0.15) is 5.75 Å². The first kappa shape index (κ1) is 19.6. The van der Waals surface area contributed by atoms with Crippen LogP contribution in [0.1, 0.15) is 15.9 Å². The van der Waals surface area contributed by atoms with E-state index in [0.717, 1.165) is 18.4 Å². The number of rotatable bonds is 5. The number of halogens is 3. The topological polar surface area (TPSA) is 84.5 Å². The van der Waals surface area contributed by atoms with E-state index in [1.165, 1.54) is 30.3 Å². The number of carbonyl (C=O) groups excluding carboxylic acids is 1. The van der Waals surface area contributed by atoms with Gasteiger partial charge in [0.05, 0.1) is 11.9 Å². The maximum absolute atomic E-state index is 12.4. The number of anilines is 2. The third-order valence-electron chi connectivity index (χ3n) is 3.22. The quantitative estimate of drug-likeness (QED) is 0.821. The number of sulfonamides is 1. The number of benzene rings is 2. The van der Waals surface area contributed by atoms with E-state index >= 15 is 0 Å². The van der Waals surface area contributed by atoms with Crippen LogP contribution in [0.2, 0.25) is 0 Å². The fourth-order valence-electron chi connectivity index (χ4n) is 2.13. The highest BCUT2D eigenvalue weighted by Gasteiger charge is 2.31. The van der Waals surface area contributed by atoms with Crippen LogP contribution >= 0.6 is 0 Å². The summed E-state index contributed by atoms with van der Waals surface area (Å²) in [6, 6.07) is 9.17. The van der Waals surface area contributed by atoms with Crippen LogP contribution in [-0.4, -0.2) is 26.9 Å². The summed E-state index contributed by atoms with van der Waals surface area (Å²) in [4.78, 5) is 12.4. The van der Waals surface area contributed by atoms with Gasteiger partial charge in [-0.3, -0.25) is 9.52 Å². The smallest absolute Gasteiger partial charge is 0.406 e. The highest BCUT2D eigenvalue weighted by Crippen LogP contribution is 2.25. The van der Waals surface area contributed by atoms with E-state index in [-0.39, 0.29) is 16.9 Å². The van der Waals surface area contributed by atoms with Crippen LogP contribution < -0.4 is 14.8 Å². The molecule has 2 rings (SSSR count). The van der Waals surface area contributed by atoms with Crippen LogP contribution in [0.15, 0.2) is 42.5 Å². The van der Waals surface area contributed by atoms with E-state index in [4.69, 9.17) is 0 Å². The van der Waals surface area contributed by atoms with E-state index in [0.29, 0.717) is 5.56 Å². The molecule has 0 unspecified atom stereocenters. The SMILES string of the molecule is Cc1c(NS(C)(=O)=O)cccc1C(=O)Nc1ccc(OC(F)(F)F)cc1. The van der Waals surface area contributed by atoms with Gasteiger partial charge in [0.15, 0.2) is 0 Å². The molecule has 0 bridgehead atoms. The van der Waals surface area contributed by atoms with Gasteiger partial charge in [-0.05, 0) is 48.9 Å². The number of ether oxygens (including phenoxy) is 1.